The molecular weight excluding hydrogens is 368 g/mol. The molecule has 0 unspecified atom stereocenters. The van der Waals surface area contributed by atoms with E-state index in [0.717, 1.165) is 5.56 Å². The molecule has 1 heterocycles. The molecule has 2 N–H and O–H groups in total. The summed E-state index contributed by atoms with van der Waals surface area (Å²) in [4.78, 5) is 24.0. The average molecular weight is 387 g/mol. The number of ether oxygens (including phenoxy) is 2. The van der Waals surface area contributed by atoms with E-state index in [-0.39, 0.29) is 11.8 Å². The van der Waals surface area contributed by atoms with Gasteiger partial charge in [0.15, 0.2) is 11.5 Å². The Balaban J connectivity index is 1.68. The number of anilines is 1. The third kappa shape index (κ3) is 4.80. The Kier molecular flexibility index (Phi) is 5.98. The Labute approximate surface area is 162 Å². The molecule has 2 amide bonds. The molecule has 2 aromatic carbocycles. The van der Waals surface area contributed by atoms with Gasteiger partial charge in [0.2, 0.25) is 5.91 Å². The first-order valence-corrected chi connectivity index (χ1v) is 8.91. The Morgan fingerprint density at radius 3 is 2.81 bits per heavy atom. The maximum atomic E-state index is 12.2. The zero-order chi connectivity index (χ0) is 19.2. The summed E-state index contributed by atoms with van der Waals surface area (Å²) in [6.45, 7) is 3.30. The van der Waals surface area contributed by atoms with Crippen LogP contribution in [0.3, 0.4) is 0 Å². The van der Waals surface area contributed by atoms with Crippen LogP contribution in [0, 0.1) is 0 Å². The summed E-state index contributed by atoms with van der Waals surface area (Å²) in [7, 11) is 0. The van der Waals surface area contributed by atoms with Crippen molar-refractivity contribution in [3.05, 3.63) is 58.6 Å². The van der Waals surface area contributed by atoms with Gasteiger partial charge in [-0.2, -0.15) is 0 Å². The first kappa shape index (κ1) is 18.8. The lowest BCUT2D eigenvalue weighted by Crippen LogP contribution is -2.22. The summed E-state index contributed by atoms with van der Waals surface area (Å²) in [5.74, 6) is 0.569. The molecular formula is C20H19ClN2O4. The van der Waals surface area contributed by atoms with Gasteiger partial charge >= 0.3 is 0 Å². The van der Waals surface area contributed by atoms with Crippen LogP contribution in [0.5, 0.6) is 11.5 Å². The zero-order valence-corrected chi connectivity index (χ0v) is 15.5. The van der Waals surface area contributed by atoms with E-state index < -0.39 is 0 Å². The minimum atomic E-state index is -0.325. The van der Waals surface area contributed by atoms with Crippen LogP contribution in [-0.4, -0.2) is 31.6 Å². The van der Waals surface area contributed by atoms with Gasteiger partial charge in [-0.25, -0.2) is 0 Å². The third-order valence-electron chi connectivity index (χ3n) is 3.78. The standard InChI is InChI=1S/C20H19ClN2O4/c1-2-22-20(25)14-4-3-5-15(12-14)23-18(24)7-6-13-10-16(21)19-17(11-13)26-8-9-27-19/h3-7,10-12H,2,8-9H2,1H3,(H,22,25)(H,23,24)/b7-6+. The van der Waals surface area contributed by atoms with Crippen molar-refractivity contribution >= 4 is 35.2 Å². The summed E-state index contributed by atoms with van der Waals surface area (Å²) in [6, 6.07) is 10.2. The lowest BCUT2D eigenvalue weighted by atomic mass is 10.1. The van der Waals surface area contributed by atoms with E-state index in [2.05, 4.69) is 10.6 Å². The number of hydrogen-bond acceptors (Lipinski definition) is 4. The van der Waals surface area contributed by atoms with Crippen LogP contribution in [0.1, 0.15) is 22.8 Å². The summed E-state index contributed by atoms with van der Waals surface area (Å²) in [5, 5.41) is 5.88. The monoisotopic (exact) mass is 386 g/mol. The number of carbonyl (C=O) groups excluding carboxylic acids is 2. The van der Waals surface area contributed by atoms with Gasteiger partial charge in [0.05, 0.1) is 5.02 Å². The lowest BCUT2D eigenvalue weighted by molar-refractivity contribution is -0.111. The van der Waals surface area contributed by atoms with Crippen molar-refractivity contribution < 1.29 is 19.1 Å². The van der Waals surface area contributed by atoms with Crippen molar-refractivity contribution in [1.29, 1.82) is 0 Å². The van der Waals surface area contributed by atoms with E-state index in [1.165, 1.54) is 6.08 Å². The van der Waals surface area contributed by atoms with E-state index in [1.807, 2.05) is 6.92 Å². The highest BCUT2D eigenvalue weighted by molar-refractivity contribution is 6.32. The highest BCUT2D eigenvalue weighted by atomic mass is 35.5. The molecule has 0 atom stereocenters. The first-order chi connectivity index (χ1) is 13.1. The molecule has 0 radical (unpaired) electrons. The molecule has 7 heteroatoms. The van der Waals surface area contributed by atoms with Crippen LogP contribution < -0.4 is 20.1 Å². The SMILES string of the molecule is CCNC(=O)c1cccc(NC(=O)/C=C/c2cc(Cl)c3c(c2)OCCO3)c1. The number of nitrogens with one attached hydrogen (secondary N) is 2. The molecule has 3 rings (SSSR count). The quantitative estimate of drug-likeness (QED) is 0.771. The predicted molar refractivity (Wildman–Crippen MR) is 105 cm³/mol. The Morgan fingerprint density at radius 2 is 2.00 bits per heavy atom. The largest absolute Gasteiger partial charge is 0.486 e. The second-order valence-electron chi connectivity index (χ2n) is 5.79. The van der Waals surface area contributed by atoms with Gasteiger partial charge in [0, 0.05) is 23.9 Å². The number of amides is 2. The van der Waals surface area contributed by atoms with Crippen LogP contribution in [-0.2, 0) is 4.79 Å². The lowest BCUT2D eigenvalue weighted by Gasteiger charge is -2.19. The number of fused-ring (bicyclic) bond motifs is 1. The second kappa shape index (κ2) is 8.60. The van der Waals surface area contributed by atoms with Crippen LogP contribution in [0.2, 0.25) is 5.02 Å². The molecule has 1 aliphatic rings. The molecule has 27 heavy (non-hydrogen) atoms. The Morgan fingerprint density at radius 1 is 1.19 bits per heavy atom. The number of benzene rings is 2. The summed E-state index contributed by atoms with van der Waals surface area (Å²) in [5.41, 5.74) is 1.74. The molecule has 0 bridgehead atoms. The molecule has 0 spiro atoms. The van der Waals surface area contributed by atoms with Crippen molar-refractivity contribution in [3.63, 3.8) is 0 Å². The highest BCUT2D eigenvalue weighted by Crippen LogP contribution is 2.38. The van der Waals surface area contributed by atoms with Crippen molar-refractivity contribution in [2.75, 3.05) is 25.1 Å². The highest BCUT2D eigenvalue weighted by Gasteiger charge is 2.16. The average Bonchev–Trinajstić information content (AvgIpc) is 2.67. The zero-order valence-electron chi connectivity index (χ0n) is 14.8. The molecule has 0 saturated carbocycles. The van der Waals surface area contributed by atoms with Crippen LogP contribution >= 0.6 is 11.6 Å². The number of carbonyl (C=O) groups is 2. The maximum absolute atomic E-state index is 12.2. The van der Waals surface area contributed by atoms with Gasteiger partial charge in [-0.15, -0.1) is 0 Å². The van der Waals surface area contributed by atoms with E-state index in [9.17, 15) is 9.59 Å². The number of halogens is 1. The van der Waals surface area contributed by atoms with E-state index in [1.54, 1.807) is 42.5 Å². The molecule has 1 aliphatic heterocycles. The van der Waals surface area contributed by atoms with E-state index in [4.69, 9.17) is 21.1 Å². The molecule has 2 aromatic rings. The minimum absolute atomic E-state index is 0.185. The van der Waals surface area contributed by atoms with E-state index >= 15 is 0 Å². The third-order valence-corrected chi connectivity index (χ3v) is 4.06. The molecule has 140 valence electrons. The maximum Gasteiger partial charge on any atom is 0.251 e. The summed E-state index contributed by atoms with van der Waals surface area (Å²) < 4.78 is 11.0. The normalized spacial score (nSPS) is 12.7. The molecule has 0 aromatic heterocycles. The van der Waals surface area contributed by atoms with Crippen molar-refractivity contribution in [2.24, 2.45) is 0 Å². The van der Waals surface area contributed by atoms with Crippen LogP contribution in [0.4, 0.5) is 5.69 Å². The minimum Gasteiger partial charge on any atom is -0.486 e. The van der Waals surface area contributed by atoms with Gasteiger partial charge in [0.1, 0.15) is 13.2 Å². The summed E-state index contributed by atoms with van der Waals surface area (Å²) >= 11 is 6.19. The smallest absolute Gasteiger partial charge is 0.251 e. The van der Waals surface area contributed by atoms with Gasteiger partial charge in [-0.1, -0.05) is 17.7 Å². The van der Waals surface area contributed by atoms with E-state index in [0.29, 0.717) is 47.5 Å². The molecule has 6 nitrogen and oxygen atoms in total. The van der Waals surface area contributed by atoms with Gasteiger partial charge in [-0.3, -0.25) is 9.59 Å². The summed E-state index contributed by atoms with van der Waals surface area (Å²) in [6.07, 6.45) is 3.02. The fraction of sp³-hybridized carbons (Fsp3) is 0.200. The molecule has 0 aliphatic carbocycles. The molecule has 0 fully saturated rings. The predicted octanol–water partition coefficient (Wildman–Crippen LogP) is 3.51. The van der Waals surface area contributed by atoms with Crippen LogP contribution in [0.15, 0.2) is 42.5 Å². The van der Waals surface area contributed by atoms with Gasteiger partial charge in [0.25, 0.3) is 5.91 Å². The number of hydrogen-bond donors (Lipinski definition) is 2. The van der Waals surface area contributed by atoms with Crippen molar-refractivity contribution in [3.8, 4) is 11.5 Å². The first-order valence-electron chi connectivity index (χ1n) is 8.53. The van der Waals surface area contributed by atoms with Gasteiger partial charge < -0.3 is 20.1 Å². The van der Waals surface area contributed by atoms with Gasteiger partial charge in [-0.05, 0) is 48.9 Å². The van der Waals surface area contributed by atoms with Crippen LogP contribution in [0.25, 0.3) is 6.08 Å². The molecule has 0 saturated heterocycles. The second-order valence-corrected chi connectivity index (χ2v) is 6.20. The van der Waals surface area contributed by atoms with Crippen molar-refractivity contribution in [1.82, 2.24) is 5.32 Å². The Hall–Kier alpha value is -2.99. The fourth-order valence-corrected chi connectivity index (χ4v) is 2.86. The number of rotatable bonds is 5. The topological polar surface area (TPSA) is 76.7 Å². The van der Waals surface area contributed by atoms with Crippen molar-refractivity contribution in [2.45, 2.75) is 6.92 Å². The fourth-order valence-electron chi connectivity index (χ4n) is 2.58. The Bertz CT molecular complexity index is 896.